The number of pyridine rings is 1. The largest absolute Gasteiger partial charge is 0.469 e. The molecule has 2 heterocycles. The van der Waals surface area contributed by atoms with Crippen LogP contribution in [0.1, 0.15) is 36.8 Å². The lowest BCUT2D eigenvalue weighted by Crippen LogP contribution is -2.01. The molecule has 96 valence electrons. The van der Waals surface area contributed by atoms with Crippen molar-refractivity contribution < 1.29 is 14.3 Å². The third-order valence-electron chi connectivity index (χ3n) is 2.60. The van der Waals surface area contributed by atoms with Crippen LogP contribution in [-0.4, -0.2) is 10.1 Å². The predicted octanol–water partition coefficient (Wildman–Crippen LogP) is 2.87. The molecule has 0 spiro atoms. The Bertz CT molecular complexity index is 492. The standard InChI is InChI=1S/C14H17NO3/c1-10(2)13-6-11(8-16)7-14(15-13)18-9-12-4-3-5-17-12/h3-7,10,16H,8-9H2,1-2H3. The first-order chi connectivity index (χ1) is 8.69. The Hall–Kier alpha value is -1.81. The van der Waals surface area contributed by atoms with Gasteiger partial charge < -0.3 is 14.3 Å². The highest BCUT2D eigenvalue weighted by molar-refractivity contribution is 5.26. The Balaban J connectivity index is 2.13. The molecule has 0 unspecified atom stereocenters. The summed E-state index contributed by atoms with van der Waals surface area (Å²) in [6, 6.07) is 7.30. The van der Waals surface area contributed by atoms with Crippen molar-refractivity contribution in [1.29, 1.82) is 0 Å². The zero-order valence-electron chi connectivity index (χ0n) is 10.6. The zero-order valence-corrected chi connectivity index (χ0v) is 10.6. The van der Waals surface area contributed by atoms with Crippen molar-refractivity contribution in [2.45, 2.75) is 33.0 Å². The molecule has 2 rings (SSSR count). The normalized spacial score (nSPS) is 10.9. The molecule has 4 nitrogen and oxygen atoms in total. The minimum absolute atomic E-state index is 0.0145. The van der Waals surface area contributed by atoms with E-state index in [0.717, 1.165) is 17.0 Å². The molecule has 0 aliphatic heterocycles. The summed E-state index contributed by atoms with van der Waals surface area (Å²) in [5.41, 5.74) is 1.72. The van der Waals surface area contributed by atoms with Gasteiger partial charge in [0.05, 0.1) is 12.9 Å². The Morgan fingerprint density at radius 3 is 2.83 bits per heavy atom. The van der Waals surface area contributed by atoms with Crippen LogP contribution in [0.25, 0.3) is 0 Å². The lowest BCUT2D eigenvalue weighted by Gasteiger charge is -2.10. The molecule has 0 bridgehead atoms. The molecular weight excluding hydrogens is 230 g/mol. The Morgan fingerprint density at radius 1 is 1.39 bits per heavy atom. The van der Waals surface area contributed by atoms with Crippen LogP contribution in [0.5, 0.6) is 5.88 Å². The summed E-state index contributed by atoms with van der Waals surface area (Å²) in [5, 5.41) is 9.22. The topological polar surface area (TPSA) is 55.5 Å². The molecule has 0 aliphatic rings. The molecule has 1 N–H and O–H groups in total. The maximum atomic E-state index is 9.22. The fraction of sp³-hybridized carbons (Fsp3) is 0.357. The summed E-state index contributed by atoms with van der Waals surface area (Å²) < 4.78 is 10.8. The van der Waals surface area contributed by atoms with Crippen molar-refractivity contribution in [2.24, 2.45) is 0 Å². The zero-order chi connectivity index (χ0) is 13.0. The van der Waals surface area contributed by atoms with Gasteiger partial charge in [0.25, 0.3) is 0 Å². The third-order valence-corrected chi connectivity index (χ3v) is 2.60. The van der Waals surface area contributed by atoms with Gasteiger partial charge in [-0.05, 0) is 29.7 Å². The molecular formula is C14H17NO3. The number of nitrogens with zero attached hydrogens (tertiary/aromatic N) is 1. The van der Waals surface area contributed by atoms with Gasteiger partial charge in [0.15, 0.2) is 0 Å². The van der Waals surface area contributed by atoms with Gasteiger partial charge in [0, 0.05) is 11.8 Å². The SMILES string of the molecule is CC(C)c1cc(CO)cc(OCc2ccco2)n1. The fourth-order valence-corrected chi connectivity index (χ4v) is 1.58. The van der Waals surface area contributed by atoms with Crippen molar-refractivity contribution in [2.75, 3.05) is 0 Å². The number of aromatic nitrogens is 1. The molecule has 2 aromatic heterocycles. The highest BCUT2D eigenvalue weighted by atomic mass is 16.5. The molecule has 4 heteroatoms. The number of aliphatic hydroxyl groups is 1. The Morgan fingerprint density at radius 2 is 2.22 bits per heavy atom. The van der Waals surface area contributed by atoms with Crippen molar-refractivity contribution in [3.63, 3.8) is 0 Å². The van der Waals surface area contributed by atoms with Crippen molar-refractivity contribution in [1.82, 2.24) is 4.98 Å². The van der Waals surface area contributed by atoms with E-state index in [1.54, 1.807) is 12.3 Å². The van der Waals surface area contributed by atoms with Crippen molar-refractivity contribution in [3.8, 4) is 5.88 Å². The molecule has 0 radical (unpaired) electrons. The van der Waals surface area contributed by atoms with Crippen LogP contribution in [0.4, 0.5) is 0 Å². The molecule has 0 aromatic carbocycles. The second kappa shape index (κ2) is 5.69. The number of hydrogen-bond acceptors (Lipinski definition) is 4. The number of aliphatic hydroxyl groups excluding tert-OH is 1. The lowest BCUT2D eigenvalue weighted by molar-refractivity contribution is 0.255. The van der Waals surface area contributed by atoms with Crippen LogP contribution < -0.4 is 4.74 Å². The molecule has 0 saturated carbocycles. The maximum Gasteiger partial charge on any atom is 0.214 e. The van der Waals surface area contributed by atoms with Gasteiger partial charge in [-0.25, -0.2) is 4.98 Å². The van der Waals surface area contributed by atoms with E-state index in [-0.39, 0.29) is 6.61 Å². The molecule has 18 heavy (non-hydrogen) atoms. The van der Waals surface area contributed by atoms with Crippen LogP contribution in [0.15, 0.2) is 34.9 Å². The van der Waals surface area contributed by atoms with E-state index in [2.05, 4.69) is 18.8 Å². The van der Waals surface area contributed by atoms with Crippen molar-refractivity contribution in [3.05, 3.63) is 47.5 Å². The summed E-state index contributed by atoms with van der Waals surface area (Å²) in [4.78, 5) is 4.41. The number of furan rings is 1. The van der Waals surface area contributed by atoms with E-state index in [1.165, 1.54) is 0 Å². The highest BCUT2D eigenvalue weighted by Crippen LogP contribution is 2.20. The average molecular weight is 247 g/mol. The van der Waals surface area contributed by atoms with Gasteiger partial charge in [-0.15, -0.1) is 0 Å². The number of hydrogen-bond donors (Lipinski definition) is 1. The van der Waals surface area contributed by atoms with E-state index in [0.29, 0.717) is 18.4 Å². The second-order valence-corrected chi connectivity index (χ2v) is 4.42. The van der Waals surface area contributed by atoms with E-state index < -0.39 is 0 Å². The molecule has 2 aromatic rings. The minimum atomic E-state index is -0.0145. The van der Waals surface area contributed by atoms with E-state index >= 15 is 0 Å². The highest BCUT2D eigenvalue weighted by Gasteiger charge is 2.07. The maximum absolute atomic E-state index is 9.22. The van der Waals surface area contributed by atoms with Gasteiger partial charge in [0.2, 0.25) is 5.88 Å². The summed E-state index contributed by atoms with van der Waals surface area (Å²) in [6.07, 6.45) is 1.61. The lowest BCUT2D eigenvalue weighted by atomic mass is 10.1. The van der Waals surface area contributed by atoms with E-state index in [1.807, 2.05) is 18.2 Å². The smallest absolute Gasteiger partial charge is 0.214 e. The van der Waals surface area contributed by atoms with Crippen LogP contribution in [-0.2, 0) is 13.2 Å². The first-order valence-corrected chi connectivity index (χ1v) is 5.96. The van der Waals surface area contributed by atoms with Crippen LogP contribution in [0, 0.1) is 0 Å². The first-order valence-electron chi connectivity index (χ1n) is 5.96. The number of rotatable bonds is 5. The van der Waals surface area contributed by atoms with Crippen LogP contribution in [0.2, 0.25) is 0 Å². The molecule has 0 fully saturated rings. The van der Waals surface area contributed by atoms with Crippen molar-refractivity contribution >= 4 is 0 Å². The summed E-state index contributed by atoms with van der Waals surface area (Å²) in [6.45, 7) is 4.44. The fourth-order valence-electron chi connectivity index (χ4n) is 1.58. The Kier molecular flexibility index (Phi) is 3.99. The quantitative estimate of drug-likeness (QED) is 0.882. The molecule has 0 aliphatic carbocycles. The number of ether oxygens (including phenoxy) is 1. The van der Waals surface area contributed by atoms with E-state index in [9.17, 15) is 5.11 Å². The minimum Gasteiger partial charge on any atom is -0.469 e. The van der Waals surface area contributed by atoms with Crippen LogP contribution in [0.3, 0.4) is 0 Å². The monoisotopic (exact) mass is 247 g/mol. The second-order valence-electron chi connectivity index (χ2n) is 4.42. The summed E-state index contributed by atoms with van der Waals surface area (Å²) >= 11 is 0. The first kappa shape index (κ1) is 12.6. The van der Waals surface area contributed by atoms with Gasteiger partial charge in [-0.3, -0.25) is 0 Å². The Labute approximate surface area is 106 Å². The molecule has 0 saturated heterocycles. The summed E-state index contributed by atoms with van der Waals surface area (Å²) in [5.74, 6) is 1.56. The summed E-state index contributed by atoms with van der Waals surface area (Å²) in [7, 11) is 0. The average Bonchev–Trinajstić information content (AvgIpc) is 2.89. The molecule has 0 atom stereocenters. The predicted molar refractivity (Wildman–Crippen MR) is 67.3 cm³/mol. The van der Waals surface area contributed by atoms with E-state index in [4.69, 9.17) is 9.15 Å². The van der Waals surface area contributed by atoms with Gasteiger partial charge in [-0.2, -0.15) is 0 Å². The van der Waals surface area contributed by atoms with Gasteiger partial charge in [0.1, 0.15) is 12.4 Å². The third kappa shape index (κ3) is 3.11. The van der Waals surface area contributed by atoms with Crippen LogP contribution >= 0.6 is 0 Å². The van der Waals surface area contributed by atoms with Gasteiger partial charge in [-0.1, -0.05) is 13.8 Å². The molecule has 0 amide bonds. The van der Waals surface area contributed by atoms with Gasteiger partial charge >= 0.3 is 0 Å².